The first-order valence-electron chi connectivity index (χ1n) is 10.4. The van der Waals surface area contributed by atoms with Gasteiger partial charge >= 0.3 is 12.4 Å². The molecule has 0 saturated carbocycles. The van der Waals surface area contributed by atoms with Gasteiger partial charge in [0.2, 0.25) is 5.91 Å². The van der Waals surface area contributed by atoms with Crippen molar-refractivity contribution in [2.24, 2.45) is 11.1 Å². The van der Waals surface area contributed by atoms with Gasteiger partial charge in [-0.15, -0.1) is 0 Å². The Kier molecular flexibility index (Phi) is 6.88. The second kappa shape index (κ2) is 9.48. The van der Waals surface area contributed by atoms with E-state index in [-0.39, 0.29) is 23.8 Å². The number of hydrogen-bond acceptors (Lipinski definition) is 4. The monoisotopic (exact) mass is 549 g/mol. The first-order chi connectivity index (χ1) is 16.8. The Hall–Kier alpha value is -2.97. The zero-order valence-electron chi connectivity index (χ0n) is 18.0. The van der Waals surface area contributed by atoms with Crippen molar-refractivity contribution in [1.82, 2.24) is 4.90 Å². The molecular formula is C23H15Cl2F6N3O2. The molecule has 0 N–H and O–H groups in total. The van der Waals surface area contributed by atoms with Gasteiger partial charge in [-0.3, -0.25) is 4.79 Å². The van der Waals surface area contributed by atoms with Gasteiger partial charge in [0, 0.05) is 24.6 Å². The fourth-order valence-corrected chi connectivity index (χ4v) is 4.61. The number of nitriles is 1. The van der Waals surface area contributed by atoms with Crippen molar-refractivity contribution in [3.63, 3.8) is 0 Å². The Balaban J connectivity index is 1.58. The first kappa shape index (κ1) is 26.1. The van der Waals surface area contributed by atoms with E-state index >= 15 is 0 Å². The fraction of sp³-hybridized carbons (Fsp3) is 0.348. The molecule has 0 aliphatic carbocycles. The summed E-state index contributed by atoms with van der Waals surface area (Å²) >= 11 is 11.4. The predicted octanol–water partition coefficient (Wildman–Crippen LogP) is 6.51. The van der Waals surface area contributed by atoms with E-state index in [1.807, 2.05) is 0 Å². The lowest BCUT2D eigenvalue weighted by molar-refractivity contribution is -0.177. The highest BCUT2D eigenvalue weighted by Gasteiger charge is 2.54. The highest BCUT2D eigenvalue weighted by molar-refractivity contribution is 6.42. The molecule has 1 fully saturated rings. The lowest BCUT2D eigenvalue weighted by Crippen LogP contribution is -2.48. The number of amides is 1. The van der Waals surface area contributed by atoms with E-state index in [4.69, 9.17) is 33.3 Å². The van der Waals surface area contributed by atoms with Gasteiger partial charge < -0.3 is 9.74 Å². The van der Waals surface area contributed by atoms with Gasteiger partial charge in [-0.2, -0.15) is 31.6 Å². The molecule has 0 bridgehead atoms. The smallest absolute Gasteiger partial charge is 0.386 e. The largest absolute Gasteiger partial charge is 0.417 e. The van der Waals surface area contributed by atoms with Gasteiger partial charge in [-0.25, -0.2) is 0 Å². The van der Waals surface area contributed by atoms with Gasteiger partial charge in [0.15, 0.2) is 6.10 Å². The molecule has 2 atom stereocenters. The molecule has 5 nitrogen and oxygen atoms in total. The van der Waals surface area contributed by atoms with Crippen molar-refractivity contribution in [3.05, 3.63) is 68.7 Å². The van der Waals surface area contributed by atoms with Crippen molar-refractivity contribution in [3.8, 4) is 6.07 Å². The molecule has 2 heterocycles. The lowest BCUT2D eigenvalue weighted by atomic mass is 9.86. The summed E-state index contributed by atoms with van der Waals surface area (Å²) < 4.78 is 82.3. The molecule has 1 amide bonds. The van der Waals surface area contributed by atoms with E-state index in [0.717, 1.165) is 11.6 Å². The maximum atomic E-state index is 14.1. The van der Waals surface area contributed by atoms with Crippen LogP contribution >= 0.6 is 23.2 Å². The van der Waals surface area contributed by atoms with Crippen LogP contribution in [0, 0.1) is 17.2 Å². The number of benzene rings is 2. The molecule has 4 rings (SSSR count). The highest BCUT2D eigenvalue weighted by atomic mass is 35.5. The molecule has 2 unspecified atom stereocenters. The number of nitrogens with zero attached hydrogens (tertiary/aromatic N) is 3. The summed E-state index contributed by atoms with van der Waals surface area (Å²) in [5.41, 5.74) is -1.48. The van der Waals surface area contributed by atoms with Gasteiger partial charge in [-0.1, -0.05) is 52.6 Å². The first-order valence-corrected chi connectivity index (χ1v) is 11.2. The number of likely N-dealkylation sites (tertiary alicyclic amines) is 1. The molecule has 13 heteroatoms. The standard InChI is InChI=1S/C23H15Cl2F6N3O2/c24-16-8-13(7-15(19(16)25)22(26,27)28)21-18(23(29,30)31)20(33-36-21)12-3-1-11(2-4-12)14-9-34(10-14)17(35)5-6-32/h1-4,7-8,14,18,21H,5,9-10H2. The van der Waals surface area contributed by atoms with E-state index in [0.29, 0.717) is 19.2 Å². The average Bonchev–Trinajstić information content (AvgIpc) is 3.20. The number of rotatable bonds is 4. The number of halogens is 8. The van der Waals surface area contributed by atoms with Crippen molar-refractivity contribution in [1.29, 1.82) is 5.26 Å². The van der Waals surface area contributed by atoms with Gasteiger partial charge in [0.25, 0.3) is 0 Å². The quantitative estimate of drug-likeness (QED) is 0.408. The van der Waals surface area contributed by atoms with Crippen LogP contribution in [0.5, 0.6) is 0 Å². The molecule has 2 aromatic carbocycles. The third-order valence-electron chi connectivity index (χ3n) is 6.04. The normalized spacial score (nSPS) is 20.4. The van der Waals surface area contributed by atoms with Gasteiger partial charge in [-0.05, 0) is 23.3 Å². The number of oxime groups is 1. The molecule has 2 aliphatic rings. The van der Waals surface area contributed by atoms with Crippen LogP contribution in [0.1, 0.15) is 40.7 Å². The molecule has 190 valence electrons. The minimum Gasteiger partial charge on any atom is -0.386 e. The van der Waals surface area contributed by atoms with Crippen LogP contribution in [0.2, 0.25) is 10.0 Å². The Morgan fingerprint density at radius 3 is 2.28 bits per heavy atom. The van der Waals surface area contributed by atoms with Crippen LogP contribution in [0.25, 0.3) is 0 Å². The van der Waals surface area contributed by atoms with Crippen molar-refractivity contribution >= 4 is 34.8 Å². The molecule has 0 radical (unpaired) electrons. The number of hydrogen-bond donors (Lipinski definition) is 0. The molecule has 0 spiro atoms. The zero-order chi connectivity index (χ0) is 26.4. The van der Waals surface area contributed by atoms with Crippen molar-refractivity contribution in [2.75, 3.05) is 13.1 Å². The second-order valence-corrected chi connectivity index (χ2v) is 9.12. The second-order valence-electron chi connectivity index (χ2n) is 8.34. The van der Waals surface area contributed by atoms with Gasteiger partial charge in [0.05, 0.1) is 21.7 Å². The molecular weight excluding hydrogens is 535 g/mol. The van der Waals surface area contributed by atoms with E-state index in [1.54, 1.807) is 18.2 Å². The van der Waals surface area contributed by atoms with Gasteiger partial charge in [0.1, 0.15) is 18.1 Å². The van der Waals surface area contributed by atoms with Crippen LogP contribution in [0.4, 0.5) is 26.3 Å². The average molecular weight is 550 g/mol. The van der Waals surface area contributed by atoms with Crippen molar-refractivity contribution < 1.29 is 36.0 Å². The Morgan fingerprint density at radius 2 is 1.72 bits per heavy atom. The molecule has 36 heavy (non-hydrogen) atoms. The van der Waals surface area contributed by atoms with E-state index in [2.05, 4.69) is 5.16 Å². The number of carbonyl (C=O) groups is 1. The summed E-state index contributed by atoms with van der Waals surface area (Å²) in [6.45, 7) is 0.770. The third-order valence-corrected chi connectivity index (χ3v) is 6.84. The molecule has 0 aromatic heterocycles. The highest BCUT2D eigenvalue weighted by Crippen LogP contribution is 2.48. The summed E-state index contributed by atoms with van der Waals surface area (Å²) in [6.07, 6.45) is -12.0. The van der Waals surface area contributed by atoms with E-state index in [1.165, 1.54) is 17.0 Å². The summed E-state index contributed by atoms with van der Waals surface area (Å²) in [7, 11) is 0. The lowest BCUT2D eigenvalue weighted by Gasteiger charge is -2.39. The minimum absolute atomic E-state index is 0.0355. The van der Waals surface area contributed by atoms with Crippen molar-refractivity contribution in [2.45, 2.75) is 30.8 Å². The maximum absolute atomic E-state index is 14.1. The number of alkyl halides is 6. The molecule has 1 saturated heterocycles. The SMILES string of the molecule is N#CCC(=O)N1CC(c2ccc(C3=NOC(c4cc(Cl)c(Cl)c(C(F)(F)F)c4)C3C(F)(F)F)cc2)C1. The van der Waals surface area contributed by atoms with Crippen LogP contribution in [-0.4, -0.2) is 35.8 Å². The topological polar surface area (TPSA) is 65.7 Å². The van der Waals surface area contributed by atoms with Crippen LogP contribution in [-0.2, 0) is 15.8 Å². The predicted molar refractivity (Wildman–Crippen MR) is 117 cm³/mol. The van der Waals surface area contributed by atoms with E-state index < -0.39 is 51.3 Å². The van der Waals surface area contributed by atoms with E-state index in [9.17, 15) is 31.1 Å². The maximum Gasteiger partial charge on any atom is 0.417 e. The molecule has 2 aliphatic heterocycles. The van der Waals surface area contributed by atoms with Crippen LogP contribution in [0.3, 0.4) is 0 Å². The van der Waals surface area contributed by atoms with Crippen LogP contribution in [0.15, 0.2) is 41.6 Å². The zero-order valence-corrected chi connectivity index (χ0v) is 19.5. The van der Waals surface area contributed by atoms with Crippen LogP contribution < -0.4 is 0 Å². The summed E-state index contributed by atoms with van der Waals surface area (Å²) in [4.78, 5) is 18.2. The fourth-order valence-electron chi connectivity index (χ4n) is 4.17. The summed E-state index contributed by atoms with van der Waals surface area (Å²) in [6, 6.07) is 9.17. The molecule has 2 aromatic rings. The minimum atomic E-state index is -4.95. The Morgan fingerprint density at radius 1 is 1.08 bits per heavy atom. The summed E-state index contributed by atoms with van der Waals surface area (Å²) in [5.74, 6) is -2.69. The summed E-state index contributed by atoms with van der Waals surface area (Å²) in [5, 5.41) is 10.8. The Labute approximate surface area is 210 Å². The number of carbonyl (C=O) groups excluding carboxylic acids is 1. The Bertz CT molecular complexity index is 1250. The third kappa shape index (κ3) is 4.97.